The van der Waals surface area contributed by atoms with Gasteiger partial charge in [-0.2, -0.15) is 0 Å². The second-order valence-corrected chi connectivity index (χ2v) is 8.13. The Bertz CT molecular complexity index is 1250. The maximum Gasteiger partial charge on any atom is 0.259 e. The highest BCUT2D eigenvalue weighted by molar-refractivity contribution is 7.20. The molecule has 4 heterocycles. The number of benzene rings is 1. The fourth-order valence-corrected chi connectivity index (χ4v) is 5.11. The van der Waals surface area contributed by atoms with E-state index in [1.165, 1.54) is 11.3 Å². The summed E-state index contributed by atoms with van der Waals surface area (Å²) in [7, 11) is 0. The number of amides is 2. The number of fused-ring (bicyclic) bond motifs is 2. The zero-order valence-corrected chi connectivity index (χ0v) is 16.3. The second-order valence-electron chi connectivity index (χ2n) is 7.13. The summed E-state index contributed by atoms with van der Waals surface area (Å²) in [6, 6.07) is 11.4. The van der Waals surface area contributed by atoms with Gasteiger partial charge in [-0.05, 0) is 30.2 Å². The van der Waals surface area contributed by atoms with Gasteiger partial charge in [-0.3, -0.25) is 9.59 Å². The predicted octanol–water partition coefficient (Wildman–Crippen LogP) is 2.16. The van der Waals surface area contributed by atoms with Crippen molar-refractivity contribution in [1.29, 1.82) is 0 Å². The summed E-state index contributed by atoms with van der Waals surface area (Å²) < 4.78 is 1.63. The average Bonchev–Trinajstić information content (AvgIpc) is 3.44. The largest absolute Gasteiger partial charge is 0.365 e. The highest BCUT2D eigenvalue weighted by atomic mass is 32.1. The first kappa shape index (κ1) is 17.7. The van der Waals surface area contributed by atoms with E-state index in [1.807, 2.05) is 41.3 Å². The molecule has 1 aliphatic rings. The second kappa shape index (κ2) is 6.93. The maximum absolute atomic E-state index is 12.9. The number of thiophene rings is 1. The van der Waals surface area contributed by atoms with E-state index in [1.54, 1.807) is 10.9 Å². The number of hydrogen-bond acceptors (Lipinski definition) is 6. The van der Waals surface area contributed by atoms with Crippen LogP contribution >= 0.6 is 11.3 Å². The highest BCUT2D eigenvalue weighted by Crippen LogP contribution is 2.39. The number of hydrogen-bond donors (Lipinski definition) is 1. The SMILES string of the molecule is NC(=O)c1sc2ncccc2c1C1CCN(C(=O)Cn2nnc3ccccc32)C1. The molecular weight excluding hydrogens is 388 g/mol. The van der Waals surface area contributed by atoms with Gasteiger partial charge >= 0.3 is 0 Å². The summed E-state index contributed by atoms with van der Waals surface area (Å²) in [4.78, 5) is 32.4. The predicted molar refractivity (Wildman–Crippen MR) is 110 cm³/mol. The summed E-state index contributed by atoms with van der Waals surface area (Å²) >= 11 is 1.32. The Morgan fingerprint density at radius 2 is 2.07 bits per heavy atom. The minimum Gasteiger partial charge on any atom is -0.365 e. The number of carbonyl (C=O) groups excluding carboxylic acids is 2. The van der Waals surface area contributed by atoms with E-state index in [0.717, 1.165) is 33.2 Å². The normalized spacial score (nSPS) is 16.7. The van der Waals surface area contributed by atoms with Gasteiger partial charge in [0.2, 0.25) is 5.91 Å². The number of nitrogens with two attached hydrogens (primary N) is 1. The molecule has 29 heavy (non-hydrogen) atoms. The van der Waals surface area contributed by atoms with E-state index in [4.69, 9.17) is 5.73 Å². The third-order valence-corrected chi connectivity index (χ3v) is 6.53. The molecule has 1 aromatic carbocycles. The molecule has 2 N–H and O–H groups in total. The average molecular weight is 406 g/mol. The van der Waals surface area contributed by atoms with Gasteiger partial charge in [0, 0.05) is 30.6 Å². The summed E-state index contributed by atoms with van der Waals surface area (Å²) in [5.74, 6) is -0.393. The zero-order chi connectivity index (χ0) is 20.0. The first-order chi connectivity index (χ1) is 14.1. The van der Waals surface area contributed by atoms with Crippen LogP contribution in [-0.4, -0.2) is 49.8 Å². The molecule has 4 aromatic rings. The number of carbonyl (C=O) groups is 2. The molecule has 5 rings (SSSR count). The molecule has 0 radical (unpaired) electrons. The van der Waals surface area contributed by atoms with Crippen molar-refractivity contribution in [2.75, 3.05) is 13.1 Å². The van der Waals surface area contributed by atoms with Gasteiger partial charge in [-0.15, -0.1) is 16.4 Å². The molecule has 1 atom stereocenters. The van der Waals surface area contributed by atoms with Crippen LogP contribution in [0.4, 0.5) is 0 Å². The van der Waals surface area contributed by atoms with Crippen molar-refractivity contribution in [2.45, 2.75) is 18.9 Å². The summed E-state index contributed by atoms with van der Waals surface area (Å²) in [5.41, 5.74) is 8.15. The van der Waals surface area contributed by atoms with Crippen molar-refractivity contribution >= 4 is 44.4 Å². The first-order valence-corrected chi connectivity index (χ1v) is 10.2. The molecule has 1 fully saturated rings. The van der Waals surface area contributed by atoms with Crippen molar-refractivity contribution in [1.82, 2.24) is 24.9 Å². The van der Waals surface area contributed by atoms with Gasteiger partial charge < -0.3 is 10.6 Å². The topological polar surface area (TPSA) is 107 Å². The van der Waals surface area contributed by atoms with E-state index in [-0.39, 0.29) is 18.4 Å². The molecule has 3 aromatic heterocycles. The number of likely N-dealkylation sites (tertiary alicyclic amines) is 1. The van der Waals surface area contributed by atoms with Crippen LogP contribution < -0.4 is 5.73 Å². The van der Waals surface area contributed by atoms with E-state index >= 15 is 0 Å². The first-order valence-electron chi connectivity index (χ1n) is 9.35. The fraction of sp³-hybridized carbons (Fsp3) is 0.250. The van der Waals surface area contributed by atoms with Crippen molar-refractivity contribution in [2.24, 2.45) is 5.73 Å². The number of nitrogens with zero attached hydrogens (tertiary/aromatic N) is 5. The number of para-hydroxylation sites is 1. The van der Waals surface area contributed by atoms with Crippen LogP contribution in [0.3, 0.4) is 0 Å². The lowest BCUT2D eigenvalue weighted by Gasteiger charge is -2.17. The summed E-state index contributed by atoms with van der Waals surface area (Å²) in [5, 5.41) is 9.16. The number of pyridine rings is 1. The Balaban J connectivity index is 1.39. The molecule has 0 spiro atoms. The van der Waals surface area contributed by atoms with E-state index < -0.39 is 5.91 Å². The number of primary amides is 1. The molecule has 146 valence electrons. The minimum atomic E-state index is -0.443. The van der Waals surface area contributed by atoms with Crippen LogP contribution in [0.5, 0.6) is 0 Å². The lowest BCUT2D eigenvalue weighted by molar-refractivity contribution is -0.130. The van der Waals surface area contributed by atoms with Gasteiger partial charge in [0.05, 0.1) is 10.4 Å². The zero-order valence-electron chi connectivity index (χ0n) is 15.5. The monoisotopic (exact) mass is 406 g/mol. The fourth-order valence-electron chi connectivity index (χ4n) is 4.02. The van der Waals surface area contributed by atoms with Crippen LogP contribution in [-0.2, 0) is 11.3 Å². The molecule has 1 saturated heterocycles. The molecule has 0 aliphatic carbocycles. The quantitative estimate of drug-likeness (QED) is 0.559. The van der Waals surface area contributed by atoms with Crippen LogP contribution in [0.1, 0.15) is 27.6 Å². The minimum absolute atomic E-state index is 0.0126. The lowest BCUT2D eigenvalue weighted by Crippen LogP contribution is -2.32. The molecule has 8 nitrogen and oxygen atoms in total. The Morgan fingerprint density at radius 1 is 1.21 bits per heavy atom. The Morgan fingerprint density at radius 3 is 2.93 bits per heavy atom. The third kappa shape index (κ3) is 3.03. The van der Waals surface area contributed by atoms with Gasteiger partial charge in [-0.1, -0.05) is 23.4 Å². The van der Waals surface area contributed by atoms with Crippen molar-refractivity contribution in [3.63, 3.8) is 0 Å². The van der Waals surface area contributed by atoms with Gasteiger partial charge in [0.25, 0.3) is 5.91 Å². The van der Waals surface area contributed by atoms with Crippen LogP contribution in [0.2, 0.25) is 0 Å². The van der Waals surface area contributed by atoms with Crippen molar-refractivity contribution in [3.8, 4) is 0 Å². The number of aromatic nitrogens is 4. The molecule has 0 saturated carbocycles. The van der Waals surface area contributed by atoms with Gasteiger partial charge in [-0.25, -0.2) is 9.67 Å². The van der Waals surface area contributed by atoms with Crippen LogP contribution in [0.25, 0.3) is 21.3 Å². The summed E-state index contributed by atoms with van der Waals surface area (Å²) in [6.07, 6.45) is 2.49. The molecule has 2 amide bonds. The molecular formula is C20H18N6O2S. The molecule has 1 unspecified atom stereocenters. The van der Waals surface area contributed by atoms with Crippen LogP contribution in [0, 0.1) is 0 Å². The highest BCUT2D eigenvalue weighted by Gasteiger charge is 2.32. The third-order valence-electron chi connectivity index (χ3n) is 5.38. The molecule has 1 aliphatic heterocycles. The molecule has 0 bridgehead atoms. The Labute approximate surface area is 169 Å². The van der Waals surface area contributed by atoms with E-state index in [2.05, 4.69) is 15.3 Å². The lowest BCUT2D eigenvalue weighted by atomic mass is 9.95. The van der Waals surface area contributed by atoms with E-state index in [0.29, 0.717) is 18.0 Å². The van der Waals surface area contributed by atoms with Gasteiger partial charge in [0.1, 0.15) is 16.9 Å². The maximum atomic E-state index is 12.9. The van der Waals surface area contributed by atoms with Crippen LogP contribution in [0.15, 0.2) is 42.6 Å². The Hall–Kier alpha value is -3.33. The van der Waals surface area contributed by atoms with E-state index in [9.17, 15) is 9.59 Å². The number of rotatable bonds is 4. The van der Waals surface area contributed by atoms with Crippen molar-refractivity contribution in [3.05, 3.63) is 53.0 Å². The molecule has 9 heteroatoms. The van der Waals surface area contributed by atoms with Gasteiger partial charge in [0.15, 0.2) is 0 Å². The Kier molecular flexibility index (Phi) is 4.24. The smallest absolute Gasteiger partial charge is 0.259 e. The summed E-state index contributed by atoms with van der Waals surface area (Å²) in [6.45, 7) is 1.32. The van der Waals surface area contributed by atoms with Crippen molar-refractivity contribution < 1.29 is 9.59 Å². The standard InChI is InChI=1S/C20H18N6O2S/c21-19(28)18-17(13-4-3-8-22-20(13)29-18)12-7-9-25(10-12)16(27)11-26-15-6-2-1-5-14(15)23-24-26/h1-6,8,12H,7,9-11H2,(H2,21,28).